The zero-order valence-corrected chi connectivity index (χ0v) is 9.29. The van der Waals surface area contributed by atoms with E-state index in [1.165, 1.54) is 6.92 Å². The third-order valence-corrected chi connectivity index (χ3v) is 1.75. The van der Waals surface area contributed by atoms with Crippen LogP contribution in [0.2, 0.25) is 0 Å². The summed E-state index contributed by atoms with van der Waals surface area (Å²) in [7, 11) is 1.64. The molecule has 0 unspecified atom stereocenters. The molecule has 0 aromatic carbocycles. The highest BCUT2D eigenvalue weighted by Crippen LogP contribution is 2.04. The minimum absolute atomic E-state index is 0.252. The molecule has 0 amide bonds. The van der Waals surface area contributed by atoms with E-state index < -0.39 is 0 Å². The second kappa shape index (κ2) is 7.18. The molecule has 0 fully saturated rings. The Morgan fingerprint density at radius 3 is 2.36 bits per heavy atom. The Labute approximate surface area is 85.4 Å². The summed E-state index contributed by atoms with van der Waals surface area (Å²) in [6, 6.07) is 0. The number of allylic oxidation sites excluding steroid dienone is 3. The van der Waals surface area contributed by atoms with Gasteiger partial charge in [-0.1, -0.05) is 5.57 Å². The lowest BCUT2D eigenvalue weighted by Crippen LogP contribution is -1.98. The molecule has 0 spiro atoms. The molecule has 0 aliphatic heterocycles. The molecule has 80 valence electrons. The van der Waals surface area contributed by atoms with Crippen LogP contribution in [0.1, 0.15) is 27.2 Å². The van der Waals surface area contributed by atoms with Crippen LogP contribution in [0.4, 0.5) is 0 Å². The molecule has 0 saturated carbocycles. The minimum atomic E-state index is -0.252. The Bertz CT molecular complexity index is 239. The van der Waals surface area contributed by atoms with Gasteiger partial charge < -0.3 is 9.47 Å². The highest BCUT2D eigenvalue weighted by molar-refractivity contribution is 5.66. The lowest BCUT2D eigenvalue weighted by molar-refractivity contribution is -0.139. The number of methoxy groups -OCH3 is 1. The molecule has 0 N–H and O–H groups in total. The van der Waals surface area contributed by atoms with Crippen molar-refractivity contribution in [2.75, 3.05) is 13.7 Å². The molecule has 0 heterocycles. The van der Waals surface area contributed by atoms with Crippen LogP contribution in [0.5, 0.6) is 0 Å². The Morgan fingerprint density at radius 1 is 1.21 bits per heavy atom. The monoisotopic (exact) mass is 198 g/mol. The van der Waals surface area contributed by atoms with Gasteiger partial charge in [0.1, 0.15) is 6.61 Å². The number of carbonyl (C=O) groups is 1. The third-order valence-electron chi connectivity index (χ3n) is 1.75. The first-order valence-electron chi connectivity index (χ1n) is 4.56. The average Bonchev–Trinajstić information content (AvgIpc) is 2.13. The number of ether oxygens (including phenoxy) is 2. The van der Waals surface area contributed by atoms with Gasteiger partial charge >= 0.3 is 5.97 Å². The molecule has 3 nitrogen and oxygen atoms in total. The van der Waals surface area contributed by atoms with Gasteiger partial charge in [0.25, 0.3) is 0 Å². The summed E-state index contributed by atoms with van der Waals surface area (Å²) in [5, 5.41) is 0. The number of esters is 1. The Morgan fingerprint density at radius 2 is 1.86 bits per heavy atom. The van der Waals surface area contributed by atoms with Crippen LogP contribution in [0.25, 0.3) is 0 Å². The molecule has 0 aliphatic rings. The number of hydrogen-bond donors (Lipinski definition) is 0. The van der Waals surface area contributed by atoms with Crippen molar-refractivity contribution in [1.29, 1.82) is 0 Å². The van der Waals surface area contributed by atoms with Crippen LogP contribution in [0.3, 0.4) is 0 Å². The van der Waals surface area contributed by atoms with Crippen molar-refractivity contribution in [3.05, 3.63) is 23.5 Å². The van der Waals surface area contributed by atoms with E-state index in [1.807, 2.05) is 26.0 Å². The van der Waals surface area contributed by atoms with Gasteiger partial charge in [-0.2, -0.15) is 0 Å². The maximum absolute atomic E-state index is 10.5. The first kappa shape index (κ1) is 12.8. The van der Waals surface area contributed by atoms with Gasteiger partial charge in [-0.05, 0) is 32.4 Å². The first-order chi connectivity index (χ1) is 6.56. The lowest BCUT2D eigenvalue weighted by Gasteiger charge is -2.00. The Balaban J connectivity index is 3.83. The number of hydrogen-bond acceptors (Lipinski definition) is 3. The molecular weight excluding hydrogens is 180 g/mol. The van der Waals surface area contributed by atoms with Crippen molar-refractivity contribution < 1.29 is 14.3 Å². The summed E-state index contributed by atoms with van der Waals surface area (Å²) in [6.45, 7) is 5.64. The van der Waals surface area contributed by atoms with Crippen LogP contribution in [0.15, 0.2) is 23.5 Å². The lowest BCUT2D eigenvalue weighted by atomic mass is 10.2. The average molecular weight is 198 g/mol. The highest BCUT2D eigenvalue weighted by atomic mass is 16.5. The summed E-state index contributed by atoms with van der Waals surface area (Å²) in [6.07, 6.45) is 4.70. The zero-order chi connectivity index (χ0) is 11.0. The molecule has 0 rings (SSSR count). The molecule has 0 saturated heterocycles. The normalized spacial score (nSPS) is 12.6. The van der Waals surface area contributed by atoms with Crippen LogP contribution in [-0.2, 0) is 14.3 Å². The predicted molar refractivity (Wildman–Crippen MR) is 55.8 cm³/mol. The van der Waals surface area contributed by atoms with E-state index >= 15 is 0 Å². The van der Waals surface area contributed by atoms with Gasteiger partial charge in [-0.15, -0.1) is 0 Å². The van der Waals surface area contributed by atoms with E-state index in [1.54, 1.807) is 7.11 Å². The van der Waals surface area contributed by atoms with E-state index in [0.717, 1.165) is 17.8 Å². The summed E-state index contributed by atoms with van der Waals surface area (Å²) in [4.78, 5) is 10.5. The highest BCUT2D eigenvalue weighted by Gasteiger charge is 1.91. The zero-order valence-electron chi connectivity index (χ0n) is 9.29. The largest absolute Gasteiger partial charge is 0.502 e. The summed E-state index contributed by atoms with van der Waals surface area (Å²) >= 11 is 0. The fraction of sp³-hybridized carbons (Fsp3) is 0.545. The first-order valence-corrected chi connectivity index (χ1v) is 4.56. The quantitative estimate of drug-likeness (QED) is 0.386. The number of carbonyl (C=O) groups excluding carboxylic acids is 1. The maximum atomic E-state index is 10.5. The van der Waals surface area contributed by atoms with Gasteiger partial charge in [-0.25, -0.2) is 0 Å². The Kier molecular flexibility index (Phi) is 6.54. The van der Waals surface area contributed by atoms with Crippen molar-refractivity contribution >= 4 is 5.97 Å². The molecule has 14 heavy (non-hydrogen) atoms. The van der Waals surface area contributed by atoms with E-state index in [9.17, 15) is 4.79 Å². The van der Waals surface area contributed by atoms with E-state index in [2.05, 4.69) is 0 Å². The van der Waals surface area contributed by atoms with E-state index in [-0.39, 0.29) is 5.97 Å². The fourth-order valence-corrected chi connectivity index (χ4v) is 0.773. The van der Waals surface area contributed by atoms with E-state index in [0.29, 0.717) is 6.61 Å². The topological polar surface area (TPSA) is 35.5 Å². The molecule has 0 bridgehead atoms. The molecule has 0 aromatic heterocycles. The van der Waals surface area contributed by atoms with Crippen molar-refractivity contribution in [3.8, 4) is 0 Å². The van der Waals surface area contributed by atoms with Crippen LogP contribution in [0, 0.1) is 0 Å². The smallest absolute Gasteiger partial charge is 0.302 e. The molecule has 0 aromatic rings. The minimum Gasteiger partial charge on any atom is -0.502 e. The fourth-order valence-electron chi connectivity index (χ4n) is 0.773. The van der Waals surface area contributed by atoms with Crippen LogP contribution in [-0.4, -0.2) is 19.7 Å². The van der Waals surface area contributed by atoms with Crippen LogP contribution < -0.4 is 0 Å². The third kappa shape index (κ3) is 7.40. The number of rotatable bonds is 5. The van der Waals surface area contributed by atoms with Gasteiger partial charge in [0.05, 0.1) is 12.9 Å². The van der Waals surface area contributed by atoms with Gasteiger partial charge in [0.15, 0.2) is 0 Å². The SMILES string of the molecule is CO/C(C)=C\C/C(C)=C/COC(C)=O. The van der Waals surface area contributed by atoms with Crippen LogP contribution >= 0.6 is 0 Å². The van der Waals surface area contributed by atoms with Crippen molar-refractivity contribution in [1.82, 2.24) is 0 Å². The van der Waals surface area contributed by atoms with E-state index in [4.69, 9.17) is 9.47 Å². The van der Waals surface area contributed by atoms with Gasteiger partial charge in [0, 0.05) is 6.92 Å². The molecule has 0 atom stereocenters. The molecular formula is C11H18O3. The second-order valence-electron chi connectivity index (χ2n) is 3.08. The van der Waals surface area contributed by atoms with Gasteiger partial charge in [0.2, 0.25) is 0 Å². The summed E-state index contributed by atoms with van der Waals surface area (Å²) in [5.41, 5.74) is 1.16. The second-order valence-corrected chi connectivity index (χ2v) is 3.08. The predicted octanol–water partition coefficient (Wildman–Crippen LogP) is 2.44. The molecule has 3 heteroatoms. The summed E-state index contributed by atoms with van der Waals surface area (Å²) in [5.74, 6) is 0.642. The van der Waals surface area contributed by atoms with Crippen molar-refractivity contribution in [2.45, 2.75) is 27.2 Å². The maximum Gasteiger partial charge on any atom is 0.302 e. The Hall–Kier alpha value is -1.25. The molecule has 0 aliphatic carbocycles. The van der Waals surface area contributed by atoms with Crippen molar-refractivity contribution in [3.63, 3.8) is 0 Å². The van der Waals surface area contributed by atoms with Gasteiger partial charge in [-0.3, -0.25) is 4.79 Å². The van der Waals surface area contributed by atoms with Crippen molar-refractivity contribution in [2.24, 2.45) is 0 Å². The summed E-state index contributed by atoms with van der Waals surface area (Å²) < 4.78 is 9.77. The standard InChI is InChI=1S/C11H18O3/c1-9(5-6-10(2)13-4)7-8-14-11(3)12/h6-7H,5,8H2,1-4H3/b9-7+,10-6-. The molecule has 0 radical (unpaired) electrons.